The Balaban J connectivity index is 1.57. The van der Waals surface area contributed by atoms with Gasteiger partial charge in [0.2, 0.25) is 6.79 Å². The van der Waals surface area contributed by atoms with E-state index in [-0.39, 0.29) is 18.4 Å². The molecule has 2 aromatic carbocycles. The van der Waals surface area contributed by atoms with E-state index in [1.165, 1.54) is 0 Å². The lowest BCUT2D eigenvalue weighted by atomic mass is 10.1. The van der Waals surface area contributed by atoms with Gasteiger partial charge in [0.15, 0.2) is 17.2 Å². The predicted molar refractivity (Wildman–Crippen MR) is 97.8 cm³/mol. The van der Waals surface area contributed by atoms with Gasteiger partial charge in [-0.3, -0.25) is 4.79 Å². The third-order valence-electron chi connectivity index (χ3n) is 4.11. The second-order valence-electron chi connectivity index (χ2n) is 5.87. The summed E-state index contributed by atoms with van der Waals surface area (Å²) in [5.41, 5.74) is 8.97. The molecule has 130 valence electrons. The number of carbonyl (C=O) groups is 1. The van der Waals surface area contributed by atoms with Crippen LogP contribution in [0.25, 0.3) is 11.3 Å². The highest BCUT2D eigenvalue weighted by Crippen LogP contribution is 2.35. The quantitative estimate of drug-likeness (QED) is 0.758. The number of carbonyl (C=O) groups excluding carboxylic acids is 1. The molecule has 0 radical (unpaired) electrons. The number of fused-ring (bicyclic) bond motifs is 1. The summed E-state index contributed by atoms with van der Waals surface area (Å²) in [6, 6.07) is 18.7. The molecular weight excluding hydrogens is 330 g/mol. The Bertz CT molecular complexity index is 958. The van der Waals surface area contributed by atoms with Crippen LogP contribution in [0.2, 0.25) is 0 Å². The third kappa shape index (κ3) is 3.17. The zero-order valence-electron chi connectivity index (χ0n) is 13.9. The van der Waals surface area contributed by atoms with Crippen LogP contribution >= 0.6 is 0 Å². The van der Waals surface area contributed by atoms with E-state index in [4.69, 9.17) is 15.2 Å². The maximum atomic E-state index is 12.5. The number of hydrogen-bond donors (Lipinski definition) is 2. The molecule has 1 amide bonds. The number of nitrogen functional groups attached to an aromatic ring is 1. The minimum absolute atomic E-state index is 0.205. The molecule has 0 saturated heterocycles. The summed E-state index contributed by atoms with van der Waals surface area (Å²) in [4.78, 5) is 17.0. The van der Waals surface area contributed by atoms with Gasteiger partial charge in [-0.15, -0.1) is 0 Å². The normalized spacial score (nSPS) is 12.0. The largest absolute Gasteiger partial charge is 0.454 e. The van der Waals surface area contributed by atoms with E-state index in [0.717, 1.165) is 11.1 Å². The minimum atomic E-state index is -0.311. The fourth-order valence-electron chi connectivity index (χ4n) is 2.73. The molecule has 0 atom stereocenters. The standard InChI is InChI=1S/C20H17N3O3/c21-15-7-8-16(14-6-9-17-18(10-14)26-12-25-17)23-19(15)20(24)22-11-13-4-2-1-3-5-13/h1-10H,11-12,21H2,(H,22,24). The zero-order valence-corrected chi connectivity index (χ0v) is 13.9. The highest BCUT2D eigenvalue weighted by atomic mass is 16.7. The zero-order chi connectivity index (χ0) is 17.9. The van der Waals surface area contributed by atoms with Crippen molar-refractivity contribution in [2.24, 2.45) is 0 Å². The first kappa shape index (κ1) is 16.0. The van der Waals surface area contributed by atoms with Crippen LogP contribution < -0.4 is 20.5 Å². The van der Waals surface area contributed by atoms with Gasteiger partial charge in [0, 0.05) is 12.1 Å². The number of anilines is 1. The van der Waals surface area contributed by atoms with Gasteiger partial charge in [0.1, 0.15) is 0 Å². The maximum Gasteiger partial charge on any atom is 0.272 e. The highest BCUT2D eigenvalue weighted by molar-refractivity contribution is 5.97. The summed E-state index contributed by atoms with van der Waals surface area (Å²) in [5.74, 6) is 1.05. The summed E-state index contributed by atoms with van der Waals surface area (Å²) in [6.45, 7) is 0.621. The lowest BCUT2D eigenvalue weighted by Crippen LogP contribution is -2.25. The number of benzene rings is 2. The Hall–Kier alpha value is -3.54. The van der Waals surface area contributed by atoms with Crippen molar-refractivity contribution in [1.82, 2.24) is 10.3 Å². The Morgan fingerprint density at radius 3 is 2.69 bits per heavy atom. The summed E-state index contributed by atoms with van der Waals surface area (Å²) >= 11 is 0. The highest BCUT2D eigenvalue weighted by Gasteiger charge is 2.17. The van der Waals surface area contributed by atoms with Crippen molar-refractivity contribution >= 4 is 11.6 Å². The number of pyridine rings is 1. The first-order chi connectivity index (χ1) is 12.7. The Morgan fingerprint density at radius 1 is 1.04 bits per heavy atom. The molecule has 2 heterocycles. The smallest absolute Gasteiger partial charge is 0.272 e. The van der Waals surface area contributed by atoms with Crippen molar-refractivity contribution in [3.63, 3.8) is 0 Å². The topological polar surface area (TPSA) is 86.5 Å². The average Bonchev–Trinajstić information content (AvgIpc) is 3.15. The molecular formula is C20H17N3O3. The van der Waals surface area contributed by atoms with Crippen molar-refractivity contribution < 1.29 is 14.3 Å². The number of nitrogens with two attached hydrogens (primary N) is 1. The summed E-state index contributed by atoms with van der Waals surface area (Å²) in [7, 11) is 0. The molecule has 26 heavy (non-hydrogen) atoms. The van der Waals surface area contributed by atoms with E-state index in [0.29, 0.717) is 29.4 Å². The number of hydrogen-bond acceptors (Lipinski definition) is 5. The van der Waals surface area contributed by atoms with Gasteiger partial charge >= 0.3 is 0 Å². The molecule has 6 heteroatoms. The second kappa shape index (κ2) is 6.76. The molecule has 3 N–H and O–H groups in total. The van der Waals surface area contributed by atoms with Gasteiger partial charge in [-0.1, -0.05) is 30.3 Å². The first-order valence-electron chi connectivity index (χ1n) is 8.19. The molecule has 0 saturated carbocycles. The van der Waals surface area contributed by atoms with E-state index in [9.17, 15) is 4.79 Å². The van der Waals surface area contributed by atoms with Gasteiger partial charge in [0.05, 0.1) is 11.4 Å². The van der Waals surface area contributed by atoms with Crippen LogP contribution in [-0.2, 0) is 6.54 Å². The summed E-state index contributed by atoms with van der Waals surface area (Å²) in [6.07, 6.45) is 0. The predicted octanol–water partition coefficient (Wildman–Crippen LogP) is 2.99. The number of nitrogens with one attached hydrogen (secondary N) is 1. The number of ether oxygens (including phenoxy) is 2. The van der Waals surface area contributed by atoms with Gasteiger partial charge < -0.3 is 20.5 Å². The minimum Gasteiger partial charge on any atom is -0.454 e. The van der Waals surface area contributed by atoms with E-state index < -0.39 is 0 Å². The second-order valence-corrected chi connectivity index (χ2v) is 5.87. The van der Waals surface area contributed by atoms with Crippen molar-refractivity contribution in [3.05, 3.63) is 71.9 Å². The van der Waals surface area contributed by atoms with Crippen LogP contribution in [0.5, 0.6) is 11.5 Å². The van der Waals surface area contributed by atoms with Gasteiger partial charge in [-0.2, -0.15) is 0 Å². The summed E-state index contributed by atoms with van der Waals surface area (Å²) < 4.78 is 10.7. The number of rotatable bonds is 4. The van der Waals surface area contributed by atoms with E-state index in [2.05, 4.69) is 10.3 Å². The van der Waals surface area contributed by atoms with Crippen molar-refractivity contribution in [3.8, 4) is 22.8 Å². The van der Waals surface area contributed by atoms with Crippen molar-refractivity contribution in [2.45, 2.75) is 6.54 Å². The number of aromatic nitrogens is 1. The monoisotopic (exact) mass is 347 g/mol. The molecule has 0 bridgehead atoms. The van der Waals surface area contributed by atoms with E-state index in [1.807, 2.05) is 48.5 Å². The van der Waals surface area contributed by atoms with Gasteiger partial charge in [-0.05, 0) is 35.9 Å². The third-order valence-corrected chi connectivity index (χ3v) is 4.11. The molecule has 0 unspecified atom stereocenters. The Kier molecular flexibility index (Phi) is 4.15. The molecule has 1 aliphatic rings. The van der Waals surface area contributed by atoms with Crippen LogP contribution in [-0.4, -0.2) is 17.7 Å². The lowest BCUT2D eigenvalue weighted by molar-refractivity contribution is 0.0947. The first-order valence-corrected chi connectivity index (χ1v) is 8.19. The van der Waals surface area contributed by atoms with Crippen LogP contribution in [0.1, 0.15) is 16.1 Å². The lowest BCUT2D eigenvalue weighted by Gasteiger charge is -2.09. The fraction of sp³-hybridized carbons (Fsp3) is 0.100. The van der Waals surface area contributed by atoms with Gasteiger partial charge in [0.25, 0.3) is 5.91 Å². The number of nitrogens with zero attached hydrogens (tertiary/aromatic N) is 1. The molecule has 6 nitrogen and oxygen atoms in total. The van der Waals surface area contributed by atoms with Crippen LogP contribution in [0, 0.1) is 0 Å². The van der Waals surface area contributed by atoms with Gasteiger partial charge in [-0.25, -0.2) is 4.98 Å². The fourth-order valence-corrected chi connectivity index (χ4v) is 2.73. The van der Waals surface area contributed by atoms with Crippen molar-refractivity contribution in [1.29, 1.82) is 0 Å². The molecule has 0 aliphatic carbocycles. The Labute approximate surface area is 150 Å². The maximum absolute atomic E-state index is 12.5. The molecule has 0 fully saturated rings. The van der Waals surface area contributed by atoms with Crippen LogP contribution in [0.4, 0.5) is 5.69 Å². The van der Waals surface area contributed by atoms with Crippen LogP contribution in [0.3, 0.4) is 0 Å². The molecule has 4 rings (SSSR count). The van der Waals surface area contributed by atoms with E-state index in [1.54, 1.807) is 12.1 Å². The average molecular weight is 347 g/mol. The van der Waals surface area contributed by atoms with Crippen LogP contribution in [0.15, 0.2) is 60.7 Å². The molecule has 1 aliphatic heterocycles. The molecule has 1 aromatic heterocycles. The van der Waals surface area contributed by atoms with Crippen molar-refractivity contribution in [2.75, 3.05) is 12.5 Å². The SMILES string of the molecule is Nc1ccc(-c2ccc3c(c2)OCO3)nc1C(=O)NCc1ccccc1. The number of amides is 1. The molecule has 3 aromatic rings. The Morgan fingerprint density at radius 2 is 1.85 bits per heavy atom. The molecule has 0 spiro atoms. The summed E-state index contributed by atoms with van der Waals surface area (Å²) in [5, 5.41) is 2.85. The van der Waals surface area contributed by atoms with E-state index >= 15 is 0 Å².